The number of aromatic carboxylic acids is 1. The summed E-state index contributed by atoms with van der Waals surface area (Å²) in [4.78, 5) is 11.0. The van der Waals surface area contributed by atoms with Gasteiger partial charge in [0.2, 0.25) is 0 Å². The van der Waals surface area contributed by atoms with Crippen molar-refractivity contribution >= 4 is 34.9 Å². The molecule has 5 nitrogen and oxygen atoms in total. The second kappa shape index (κ2) is 8.83. The molecule has 0 aliphatic rings. The maximum Gasteiger partial charge on any atom is 0.337 e. The van der Waals surface area contributed by atoms with Gasteiger partial charge in [0.1, 0.15) is 0 Å². The van der Waals surface area contributed by atoms with Crippen LogP contribution in [-0.2, 0) is 6.54 Å². The van der Waals surface area contributed by atoms with E-state index in [1.54, 1.807) is 25.3 Å². The van der Waals surface area contributed by atoms with Gasteiger partial charge in [-0.3, -0.25) is 0 Å². The van der Waals surface area contributed by atoms with Crippen LogP contribution in [0.1, 0.15) is 29.3 Å². The maximum absolute atomic E-state index is 11.0. The Morgan fingerprint density at radius 2 is 1.96 bits per heavy atom. The van der Waals surface area contributed by atoms with Gasteiger partial charge in [-0.2, -0.15) is 0 Å². The number of halogens is 2. The second-order valence-electron chi connectivity index (χ2n) is 5.31. The number of hydrogen-bond acceptors (Lipinski definition) is 4. The molecule has 0 aliphatic heterocycles. The Balaban J connectivity index is 2.14. The normalized spacial score (nSPS) is 10.4. The summed E-state index contributed by atoms with van der Waals surface area (Å²) in [6, 6.07) is 8.34. The third-order valence-corrected chi connectivity index (χ3v) is 4.03. The van der Waals surface area contributed by atoms with E-state index in [0.29, 0.717) is 35.4 Å². The van der Waals surface area contributed by atoms with Gasteiger partial charge in [0.25, 0.3) is 0 Å². The van der Waals surface area contributed by atoms with Gasteiger partial charge in [0.15, 0.2) is 11.5 Å². The van der Waals surface area contributed by atoms with E-state index >= 15 is 0 Å². The fraction of sp³-hybridized carbons (Fsp3) is 0.278. The fourth-order valence-corrected chi connectivity index (χ4v) is 2.77. The molecule has 0 saturated carbocycles. The van der Waals surface area contributed by atoms with E-state index in [1.807, 2.05) is 13.0 Å². The number of carboxylic acids is 1. The van der Waals surface area contributed by atoms with Gasteiger partial charge in [-0.15, -0.1) is 0 Å². The molecule has 0 fully saturated rings. The molecule has 134 valence electrons. The number of benzene rings is 2. The Kier molecular flexibility index (Phi) is 6.79. The van der Waals surface area contributed by atoms with E-state index in [-0.39, 0.29) is 10.6 Å². The number of methoxy groups -OCH3 is 1. The topological polar surface area (TPSA) is 67.8 Å². The Morgan fingerprint density at radius 1 is 1.20 bits per heavy atom. The third kappa shape index (κ3) is 4.94. The zero-order valence-corrected chi connectivity index (χ0v) is 15.4. The third-order valence-electron chi connectivity index (χ3n) is 3.44. The van der Waals surface area contributed by atoms with Crippen molar-refractivity contribution < 1.29 is 19.4 Å². The van der Waals surface area contributed by atoms with Crippen molar-refractivity contribution in [1.29, 1.82) is 0 Å². The predicted octanol–water partition coefficient (Wildman–Crippen LogP) is 5.10. The largest absolute Gasteiger partial charge is 0.493 e. The fourth-order valence-electron chi connectivity index (χ4n) is 2.22. The molecule has 0 bridgehead atoms. The first-order valence-corrected chi connectivity index (χ1v) is 8.47. The summed E-state index contributed by atoms with van der Waals surface area (Å²) >= 11 is 12.3. The summed E-state index contributed by atoms with van der Waals surface area (Å²) in [5.74, 6) is 0.0383. The van der Waals surface area contributed by atoms with Crippen LogP contribution >= 0.6 is 23.2 Å². The number of anilines is 1. The second-order valence-corrected chi connectivity index (χ2v) is 6.13. The van der Waals surface area contributed by atoms with E-state index in [4.69, 9.17) is 37.8 Å². The summed E-state index contributed by atoms with van der Waals surface area (Å²) in [6.07, 6.45) is 0.871. The van der Waals surface area contributed by atoms with Crippen LogP contribution in [0, 0.1) is 0 Å². The molecular weight excluding hydrogens is 365 g/mol. The highest BCUT2D eigenvalue weighted by atomic mass is 35.5. The van der Waals surface area contributed by atoms with E-state index < -0.39 is 5.97 Å². The monoisotopic (exact) mass is 383 g/mol. The van der Waals surface area contributed by atoms with Crippen molar-refractivity contribution in [1.82, 2.24) is 0 Å². The minimum atomic E-state index is -1.06. The molecule has 2 aromatic carbocycles. The molecule has 0 spiro atoms. The number of rotatable bonds is 8. The molecule has 0 aliphatic carbocycles. The number of carboxylic acid groups (broad SMARTS) is 1. The first kappa shape index (κ1) is 19.2. The van der Waals surface area contributed by atoms with Crippen LogP contribution in [0.15, 0.2) is 30.3 Å². The first-order valence-electron chi connectivity index (χ1n) is 7.72. The van der Waals surface area contributed by atoms with Crippen molar-refractivity contribution in [2.45, 2.75) is 19.9 Å². The Morgan fingerprint density at radius 3 is 2.56 bits per heavy atom. The zero-order valence-electron chi connectivity index (χ0n) is 13.9. The van der Waals surface area contributed by atoms with Crippen LogP contribution in [0.5, 0.6) is 11.5 Å². The molecule has 7 heteroatoms. The van der Waals surface area contributed by atoms with Gasteiger partial charge < -0.3 is 19.9 Å². The molecule has 2 aromatic rings. The number of hydrogen-bond donors (Lipinski definition) is 2. The molecule has 0 unspecified atom stereocenters. The van der Waals surface area contributed by atoms with E-state index in [9.17, 15) is 4.79 Å². The number of ether oxygens (including phenoxy) is 2. The molecule has 25 heavy (non-hydrogen) atoms. The summed E-state index contributed by atoms with van der Waals surface area (Å²) in [6.45, 7) is 3.04. The molecule has 0 heterocycles. The highest BCUT2D eigenvalue weighted by molar-refractivity contribution is 6.33. The molecule has 0 saturated heterocycles. The van der Waals surface area contributed by atoms with Crippen molar-refractivity contribution in [3.63, 3.8) is 0 Å². The van der Waals surface area contributed by atoms with Crippen LogP contribution in [0.3, 0.4) is 0 Å². The lowest BCUT2D eigenvalue weighted by Crippen LogP contribution is -2.04. The molecule has 2 N–H and O–H groups in total. The van der Waals surface area contributed by atoms with Crippen molar-refractivity contribution in [3.8, 4) is 11.5 Å². The van der Waals surface area contributed by atoms with Crippen molar-refractivity contribution in [3.05, 3.63) is 51.5 Å². The van der Waals surface area contributed by atoms with Gasteiger partial charge in [0, 0.05) is 12.2 Å². The maximum atomic E-state index is 11.0. The lowest BCUT2D eigenvalue weighted by atomic mass is 10.1. The number of nitrogens with one attached hydrogen (secondary N) is 1. The van der Waals surface area contributed by atoms with E-state index in [0.717, 1.165) is 12.0 Å². The van der Waals surface area contributed by atoms with Crippen molar-refractivity contribution in [2.24, 2.45) is 0 Å². The van der Waals surface area contributed by atoms with Crippen LogP contribution < -0.4 is 14.8 Å². The van der Waals surface area contributed by atoms with Crippen LogP contribution in [0.4, 0.5) is 5.69 Å². The first-order chi connectivity index (χ1) is 12.0. The molecule has 0 amide bonds. The quantitative estimate of drug-likeness (QED) is 0.663. The van der Waals surface area contributed by atoms with Crippen molar-refractivity contribution in [2.75, 3.05) is 19.0 Å². The van der Waals surface area contributed by atoms with Gasteiger partial charge in [-0.05, 0) is 42.3 Å². The SMILES string of the molecule is CCCOc1c(Cl)cc(CNc2ccc(C(=O)O)c(Cl)c2)cc1OC. The van der Waals surface area contributed by atoms with Gasteiger partial charge >= 0.3 is 5.97 Å². The molecular formula is C18H19Cl2NO4. The highest BCUT2D eigenvalue weighted by Gasteiger charge is 2.13. The molecule has 0 radical (unpaired) electrons. The van der Waals surface area contributed by atoms with E-state index in [2.05, 4.69) is 5.32 Å². The zero-order chi connectivity index (χ0) is 18.4. The minimum Gasteiger partial charge on any atom is -0.493 e. The average molecular weight is 384 g/mol. The summed E-state index contributed by atoms with van der Waals surface area (Å²) in [7, 11) is 1.56. The number of carbonyl (C=O) groups is 1. The Bertz CT molecular complexity index is 765. The highest BCUT2D eigenvalue weighted by Crippen LogP contribution is 2.36. The van der Waals surface area contributed by atoms with Gasteiger partial charge in [-0.1, -0.05) is 30.1 Å². The van der Waals surface area contributed by atoms with Crippen LogP contribution in [0.2, 0.25) is 10.0 Å². The predicted molar refractivity (Wildman–Crippen MR) is 99.5 cm³/mol. The smallest absolute Gasteiger partial charge is 0.337 e. The lowest BCUT2D eigenvalue weighted by Gasteiger charge is -2.14. The van der Waals surface area contributed by atoms with Gasteiger partial charge in [0.05, 0.1) is 29.3 Å². The molecule has 0 aromatic heterocycles. The van der Waals surface area contributed by atoms with Gasteiger partial charge in [-0.25, -0.2) is 4.79 Å². The summed E-state index contributed by atoms with van der Waals surface area (Å²) < 4.78 is 11.0. The summed E-state index contributed by atoms with van der Waals surface area (Å²) in [5, 5.41) is 12.8. The Hall–Kier alpha value is -2.11. The van der Waals surface area contributed by atoms with Crippen LogP contribution in [0.25, 0.3) is 0 Å². The standard InChI is InChI=1S/C18H19Cl2NO4/c1-3-6-25-17-15(20)7-11(8-16(17)24-2)10-21-12-4-5-13(18(22)23)14(19)9-12/h4-5,7-9,21H,3,6,10H2,1-2H3,(H,22,23). The lowest BCUT2D eigenvalue weighted by molar-refractivity contribution is 0.0697. The summed E-state index contributed by atoms with van der Waals surface area (Å²) in [5.41, 5.74) is 1.66. The average Bonchev–Trinajstić information content (AvgIpc) is 2.58. The van der Waals surface area contributed by atoms with E-state index in [1.165, 1.54) is 6.07 Å². The molecule has 0 atom stereocenters. The Labute approximate surface area is 156 Å². The molecule has 2 rings (SSSR count). The van der Waals surface area contributed by atoms with Crippen LogP contribution in [-0.4, -0.2) is 24.8 Å². The minimum absolute atomic E-state index is 0.0642.